The van der Waals surface area contributed by atoms with Crippen LogP contribution in [-0.4, -0.2) is 12.6 Å². The van der Waals surface area contributed by atoms with Crippen LogP contribution in [0.4, 0.5) is 0 Å². The Kier molecular flexibility index (Phi) is 6.20. The molecule has 0 bridgehead atoms. The molecule has 1 N–H and O–H groups in total. The second-order valence-electron chi connectivity index (χ2n) is 6.28. The summed E-state index contributed by atoms with van der Waals surface area (Å²) in [5, 5.41) is 5.02. The predicted molar refractivity (Wildman–Crippen MR) is 88.8 cm³/mol. The van der Waals surface area contributed by atoms with Gasteiger partial charge in [-0.15, -0.1) is 0 Å². The van der Waals surface area contributed by atoms with Gasteiger partial charge in [0.1, 0.15) is 0 Å². The summed E-state index contributed by atoms with van der Waals surface area (Å²) < 4.78 is 0. The molecule has 0 saturated heterocycles. The van der Waals surface area contributed by atoms with Gasteiger partial charge in [0.15, 0.2) is 0 Å². The van der Waals surface area contributed by atoms with Crippen LogP contribution < -0.4 is 5.32 Å². The highest BCUT2D eigenvalue weighted by molar-refractivity contribution is 6.42. The van der Waals surface area contributed by atoms with Crippen LogP contribution in [0.1, 0.15) is 45.1 Å². The molecule has 20 heavy (non-hydrogen) atoms. The first-order chi connectivity index (χ1) is 9.58. The molecule has 0 amide bonds. The van der Waals surface area contributed by atoms with E-state index in [0.717, 1.165) is 29.8 Å². The molecule has 0 aliphatic heterocycles. The van der Waals surface area contributed by atoms with E-state index in [1.807, 2.05) is 12.1 Å². The van der Waals surface area contributed by atoms with Crippen LogP contribution in [0.5, 0.6) is 0 Å². The Balaban J connectivity index is 2.02. The van der Waals surface area contributed by atoms with Crippen LogP contribution >= 0.6 is 23.2 Å². The SMILES string of the molecule is CC(C)NCC1CCCCC1Cc1cccc(Cl)c1Cl. The molecule has 1 fully saturated rings. The minimum Gasteiger partial charge on any atom is -0.314 e. The van der Waals surface area contributed by atoms with Gasteiger partial charge in [-0.2, -0.15) is 0 Å². The third-order valence-electron chi connectivity index (χ3n) is 4.37. The zero-order valence-corrected chi connectivity index (χ0v) is 14.0. The fourth-order valence-corrected chi connectivity index (χ4v) is 3.59. The largest absolute Gasteiger partial charge is 0.314 e. The maximum atomic E-state index is 6.34. The van der Waals surface area contributed by atoms with Crippen LogP contribution in [0.3, 0.4) is 0 Å². The monoisotopic (exact) mass is 313 g/mol. The molecule has 2 unspecified atom stereocenters. The third kappa shape index (κ3) is 4.38. The maximum Gasteiger partial charge on any atom is 0.0624 e. The summed E-state index contributed by atoms with van der Waals surface area (Å²) >= 11 is 12.5. The van der Waals surface area contributed by atoms with Crippen LogP contribution in [-0.2, 0) is 6.42 Å². The fraction of sp³-hybridized carbons (Fsp3) is 0.647. The van der Waals surface area contributed by atoms with Crippen molar-refractivity contribution in [2.45, 2.75) is 52.0 Å². The highest BCUT2D eigenvalue weighted by atomic mass is 35.5. The number of hydrogen-bond donors (Lipinski definition) is 1. The summed E-state index contributed by atoms with van der Waals surface area (Å²) in [6.45, 7) is 5.55. The maximum absolute atomic E-state index is 6.34. The summed E-state index contributed by atoms with van der Waals surface area (Å²) in [5.74, 6) is 1.49. The van der Waals surface area contributed by atoms with Gasteiger partial charge in [0.25, 0.3) is 0 Å². The molecule has 1 saturated carbocycles. The molecule has 2 atom stereocenters. The second kappa shape index (κ2) is 7.68. The Hall–Kier alpha value is -0.240. The number of rotatable bonds is 5. The molecular formula is C17H25Cl2N. The van der Waals surface area contributed by atoms with Crippen LogP contribution in [0.15, 0.2) is 18.2 Å². The highest BCUT2D eigenvalue weighted by Gasteiger charge is 2.26. The normalized spacial score (nSPS) is 23.2. The average Bonchev–Trinajstić information content (AvgIpc) is 2.43. The Morgan fingerprint density at radius 2 is 1.85 bits per heavy atom. The lowest BCUT2D eigenvalue weighted by Gasteiger charge is -2.32. The molecular weight excluding hydrogens is 289 g/mol. The van der Waals surface area contributed by atoms with Crippen molar-refractivity contribution in [1.29, 1.82) is 0 Å². The minimum absolute atomic E-state index is 0.562. The molecule has 3 heteroatoms. The first-order valence-corrected chi connectivity index (χ1v) is 8.49. The van der Waals surface area contributed by atoms with Crippen LogP contribution in [0, 0.1) is 11.8 Å². The van der Waals surface area contributed by atoms with E-state index in [0.29, 0.717) is 11.1 Å². The van der Waals surface area contributed by atoms with E-state index < -0.39 is 0 Å². The Morgan fingerprint density at radius 3 is 2.55 bits per heavy atom. The Morgan fingerprint density at radius 1 is 1.15 bits per heavy atom. The lowest BCUT2D eigenvalue weighted by Crippen LogP contribution is -2.35. The van der Waals surface area contributed by atoms with E-state index in [4.69, 9.17) is 23.2 Å². The lowest BCUT2D eigenvalue weighted by atomic mass is 9.76. The van der Waals surface area contributed by atoms with Gasteiger partial charge in [-0.25, -0.2) is 0 Å². The van der Waals surface area contributed by atoms with Crippen molar-refractivity contribution >= 4 is 23.2 Å². The van der Waals surface area contributed by atoms with E-state index in [2.05, 4.69) is 25.2 Å². The highest BCUT2D eigenvalue weighted by Crippen LogP contribution is 2.35. The zero-order valence-electron chi connectivity index (χ0n) is 12.5. The summed E-state index contributed by atoms with van der Waals surface area (Å²) in [5.41, 5.74) is 1.21. The molecule has 1 aromatic rings. The molecule has 1 aliphatic rings. The van der Waals surface area contributed by atoms with Crippen molar-refractivity contribution < 1.29 is 0 Å². The van der Waals surface area contributed by atoms with E-state index in [1.54, 1.807) is 0 Å². The van der Waals surface area contributed by atoms with Gasteiger partial charge in [0, 0.05) is 6.04 Å². The Labute approximate surface area is 133 Å². The molecule has 2 rings (SSSR count). The molecule has 1 aromatic carbocycles. The van der Waals surface area contributed by atoms with Gasteiger partial charge >= 0.3 is 0 Å². The predicted octanol–water partition coefficient (Wildman–Crippen LogP) is 5.34. The molecule has 1 nitrogen and oxygen atoms in total. The molecule has 1 aliphatic carbocycles. The van der Waals surface area contributed by atoms with Gasteiger partial charge in [-0.3, -0.25) is 0 Å². The summed E-state index contributed by atoms with van der Waals surface area (Å²) in [6.07, 6.45) is 6.42. The fourth-order valence-electron chi connectivity index (χ4n) is 3.20. The Bertz CT molecular complexity index is 431. The second-order valence-corrected chi connectivity index (χ2v) is 7.07. The summed E-state index contributed by atoms with van der Waals surface area (Å²) in [6, 6.07) is 6.56. The number of halogens is 2. The number of benzene rings is 1. The smallest absolute Gasteiger partial charge is 0.0624 e. The summed E-state index contributed by atoms with van der Waals surface area (Å²) in [4.78, 5) is 0. The van der Waals surface area contributed by atoms with Crippen molar-refractivity contribution in [2.24, 2.45) is 11.8 Å². The van der Waals surface area contributed by atoms with Gasteiger partial charge in [0.2, 0.25) is 0 Å². The quantitative estimate of drug-likeness (QED) is 0.773. The van der Waals surface area contributed by atoms with Gasteiger partial charge in [-0.1, -0.05) is 62.0 Å². The first kappa shape index (κ1) is 16.1. The molecule has 0 aromatic heterocycles. The van der Waals surface area contributed by atoms with Crippen molar-refractivity contribution in [3.63, 3.8) is 0 Å². The zero-order chi connectivity index (χ0) is 14.5. The van der Waals surface area contributed by atoms with E-state index in [1.165, 1.54) is 31.2 Å². The van der Waals surface area contributed by atoms with E-state index in [9.17, 15) is 0 Å². The van der Waals surface area contributed by atoms with Crippen molar-refractivity contribution in [3.05, 3.63) is 33.8 Å². The first-order valence-electron chi connectivity index (χ1n) is 7.74. The topological polar surface area (TPSA) is 12.0 Å². The number of hydrogen-bond acceptors (Lipinski definition) is 1. The van der Waals surface area contributed by atoms with Crippen LogP contribution in [0.25, 0.3) is 0 Å². The standard InChI is InChI=1S/C17H25Cl2N/c1-12(2)20-11-15-7-4-3-6-13(15)10-14-8-5-9-16(18)17(14)19/h5,8-9,12-13,15,20H,3-4,6-7,10-11H2,1-2H3. The molecule has 0 spiro atoms. The van der Waals surface area contributed by atoms with Crippen molar-refractivity contribution in [3.8, 4) is 0 Å². The average molecular weight is 314 g/mol. The van der Waals surface area contributed by atoms with Crippen molar-refractivity contribution in [2.75, 3.05) is 6.54 Å². The molecule has 0 heterocycles. The minimum atomic E-state index is 0.562. The lowest BCUT2D eigenvalue weighted by molar-refractivity contribution is 0.224. The molecule has 112 valence electrons. The number of nitrogens with one attached hydrogen (secondary N) is 1. The van der Waals surface area contributed by atoms with E-state index >= 15 is 0 Å². The van der Waals surface area contributed by atoms with Crippen LogP contribution in [0.2, 0.25) is 10.0 Å². The van der Waals surface area contributed by atoms with Gasteiger partial charge in [-0.05, 0) is 49.3 Å². The summed E-state index contributed by atoms with van der Waals surface area (Å²) in [7, 11) is 0. The van der Waals surface area contributed by atoms with Gasteiger partial charge in [0.05, 0.1) is 10.0 Å². The van der Waals surface area contributed by atoms with Crippen molar-refractivity contribution in [1.82, 2.24) is 5.32 Å². The third-order valence-corrected chi connectivity index (χ3v) is 5.23. The van der Waals surface area contributed by atoms with E-state index in [-0.39, 0.29) is 0 Å². The van der Waals surface area contributed by atoms with Gasteiger partial charge < -0.3 is 5.32 Å². The molecule has 0 radical (unpaired) electrons.